The summed E-state index contributed by atoms with van der Waals surface area (Å²) in [4.78, 5) is 0. The zero-order valence-corrected chi connectivity index (χ0v) is 8.88. The third-order valence-corrected chi connectivity index (χ3v) is 2.98. The fourth-order valence-corrected chi connectivity index (χ4v) is 2.01. The van der Waals surface area contributed by atoms with Gasteiger partial charge in [-0.2, -0.15) is 0 Å². The second-order valence-electron chi connectivity index (χ2n) is 3.68. The molecule has 0 radical (unpaired) electrons. The highest BCUT2D eigenvalue weighted by atomic mass is 35.5. The molecule has 2 atom stereocenters. The standard InChI is InChI=1S/C11H12ClFO2/c12-11-8(2-1-3-9(11)13)10-6-7(14)4-5-15-10/h1-3,7,10,14H,4-6H2. The Hall–Kier alpha value is -0.640. The highest BCUT2D eigenvalue weighted by Gasteiger charge is 2.24. The van der Waals surface area contributed by atoms with Crippen LogP contribution in [0.25, 0.3) is 0 Å². The molecule has 2 rings (SSSR count). The number of halogens is 2. The van der Waals surface area contributed by atoms with Crippen molar-refractivity contribution in [2.24, 2.45) is 0 Å². The van der Waals surface area contributed by atoms with E-state index in [1.165, 1.54) is 6.07 Å². The molecule has 2 nitrogen and oxygen atoms in total. The summed E-state index contributed by atoms with van der Waals surface area (Å²) in [5.74, 6) is -0.446. The van der Waals surface area contributed by atoms with Crippen LogP contribution in [0.3, 0.4) is 0 Å². The maximum Gasteiger partial charge on any atom is 0.142 e. The normalized spacial score (nSPS) is 26.6. The molecule has 0 amide bonds. The number of aliphatic hydroxyl groups excluding tert-OH is 1. The highest BCUT2D eigenvalue weighted by molar-refractivity contribution is 6.31. The topological polar surface area (TPSA) is 29.5 Å². The van der Waals surface area contributed by atoms with E-state index in [2.05, 4.69) is 0 Å². The Kier molecular flexibility index (Phi) is 3.24. The van der Waals surface area contributed by atoms with Crippen molar-refractivity contribution in [3.8, 4) is 0 Å². The zero-order chi connectivity index (χ0) is 10.8. The van der Waals surface area contributed by atoms with Gasteiger partial charge in [0.2, 0.25) is 0 Å². The Labute approximate surface area is 92.6 Å². The summed E-state index contributed by atoms with van der Waals surface area (Å²) in [6.07, 6.45) is 0.423. The third-order valence-electron chi connectivity index (χ3n) is 2.58. The maximum atomic E-state index is 13.2. The van der Waals surface area contributed by atoms with Gasteiger partial charge in [-0.05, 0) is 12.5 Å². The van der Waals surface area contributed by atoms with Crippen molar-refractivity contribution in [1.29, 1.82) is 0 Å². The number of aliphatic hydroxyl groups is 1. The van der Waals surface area contributed by atoms with E-state index >= 15 is 0 Å². The quantitative estimate of drug-likeness (QED) is 0.804. The molecule has 1 aromatic rings. The molecular formula is C11H12ClFO2. The van der Waals surface area contributed by atoms with E-state index in [0.29, 0.717) is 25.0 Å². The van der Waals surface area contributed by atoms with E-state index in [9.17, 15) is 9.50 Å². The van der Waals surface area contributed by atoms with Gasteiger partial charge in [0.05, 0.1) is 17.2 Å². The molecule has 1 N–H and O–H groups in total. The lowest BCUT2D eigenvalue weighted by Gasteiger charge is -2.27. The fourth-order valence-electron chi connectivity index (χ4n) is 1.77. The lowest BCUT2D eigenvalue weighted by Crippen LogP contribution is -2.23. The molecule has 1 heterocycles. The summed E-state index contributed by atoms with van der Waals surface area (Å²) in [6.45, 7) is 0.485. The van der Waals surface area contributed by atoms with Gasteiger partial charge in [0, 0.05) is 18.6 Å². The van der Waals surface area contributed by atoms with Crippen molar-refractivity contribution in [1.82, 2.24) is 0 Å². The van der Waals surface area contributed by atoms with Gasteiger partial charge in [0.15, 0.2) is 0 Å². The monoisotopic (exact) mass is 230 g/mol. The zero-order valence-electron chi connectivity index (χ0n) is 8.12. The van der Waals surface area contributed by atoms with Gasteiger partial charge >= 0.3 is 0 Å². The predicted octanol–water partition coefficient (Wildman–Crippen LogP) is 2.69. The number of hydrogen-bond donors (Lipinski definition) is 1. The minimum absolute atomic E-state index is 0.0941. The third kappa shape index (κ3) is 2.30. The second kappa shape index (κ2) is 4.47. The Morgan fingerprint density at radius 1 is 1.47 bits per heavy atom. The van der Waals surface area contributed by atoms with E-state index in [1.54, 1.807) is 12.1 Å². The van der Waals surface area contributed by atoms with Crippen molar-refractivity contribution >= 4 is 11.6 Å². The molecule has 1 aromatic carbocycles. The molecule has 1 saturated heterocycles. The van der Waals surface area contributed by atoms with Gasteiger partial charge in [-0.25, -0.2) is 4.39 Å². The molecule has 0 saturated carbocycles. The van der Waals surface area contributed by atoms with Crippen LogP contribution >= 0.6 is 11.6 Å². The van der Waals surface area contributed by atoms with Crippen LogP contribution in [0.1, 0.15) is 24.5 Å². The van der Waals surface area contributed by atoms with Gasteiger partial charge in [-0.15, -0.1) is 0 Å². The van der Waals surface area contributed by atoms with E-state index < -0.39 is 5.82 Å². The number of ether oxygens (including phenoxy) is 1. The van der Waals surface area contributed by atoms with Crippen LogP contribution in [0, 0.1) is 5.82 Å². The first-order valence-electron chi connectivity index (χ1n) is 4.92. The van der Waals surface area contributed by atoms with Crippen LogP contribution in [0.2, 0.25) is 5.02 Å². The van der Waals surface area contributed by atoms with E-state index in [1.807, 2.05) is 0 Å². The maximum absolute atomic E-state index is 13.2. The van der Waals surface area contributed by atoms with Crippen LogP contribution in [0.15, 0.2) is 18.2 Å². The fraction of sp³-hybridized carbons (Fsp3) is 0.455. The summed E-state index contributed by atoms with van der Waals surface area (Å²) in [6, 6.07) is 4.64. The van der Waals surface area contributed by atoms with Crippen LogP contribution in [0.5, 0.6) is 0 Å². The predicted molar refractivity (Wildman–Crippen MR) is 55.3 cm³/mol. The van der Waals surface area contributed by atoms with Crippen molar-refractivity contribution in [3.05, 3.63) is 34.6 Å². The summed E-state index contributed by atoms with van der Waals surface area (Å²) < 4.78 is 18.6. The van der Waals surface area contributed by atoms with Gasteiger partial charge in [-0.3, -0.25) is 0 Å². The molecular weight excluding hydrogens is 219 g/mol. The molecule has 1 fully saturated rings. The molecule has 4 heteroatoms. The molecule has 15 heavy (non-hydrogen) atoms. The molecule has 1 aliphatic heterocycles. The largest absolute Gasteiger partial charge is 0.393 e. The van der Waals surface area contributed by atoms with Gasteiger partial charge in [-0.1, -0.05) is 23.7 Å². The minimum atomic E-state index is -0.446. The van der Waals surface area contributed by atoms with Gasteiger partial charge in [0.25, 0.3) is 0 Å². The summed E-state index contributed by atoms with van der Waals surface area (Å²) in [7, 11) is 0. The second-order valence-corrected chi connectivity index (χ2v) is 4.06. The molecule has 0 spiro atoms. The number of benzene rings is 1. The number of hydrogen-bond acceptors (Lipinski definition) is 2. The van der Waals surface area contributed by atoms with Crippen LogP contribution < -0.4 is 0 Å². The average molecular weight is 231 g/mol. The van der Waals surface area contributed by atoms with Crippen LogP contribution in [0.4, 0.5) is 4.39 Å². The summed E-state index contributed by atoms with van der Waals surface area (Å²) in [5, 5.41) is 9.58. The van der Waals surface area contributed by atoms with Gasteiger partial charge in [0.1, 0.15) is 5.82 Å². The van der Waals surface area contributed by atoms with Crippen molar-refractivity contribution in [2.45, 2.75) is 25.0 Å². The van der Waals surface area contributed by atoms with Crippen molar-refractivity contribution in [3.63, 3.8) is 0 Å². The average Bonchev–Trinajstić information content (AvgIpc) is 2.22. The van der Waals surface area contributed by atoms with Crippen molar-refractivity contribution < 1.29 is 14.2 Å². The summed E-state index contributed by atoms with van der Waals surface area (Å²) in [5.41, 5.74) is 0.621. The summed E-state index contributed by atoms with van der Waals surface area (Å²) >= 11 is 5.84. The molecule has 2 unspecified atom stereocenters. The lowest BCUT2D eigenvalue weighted by molar-refractivity contribution is -0.0448. The van der Waals surface area contributed by atoms with E-state index in [0.717, 1.165) is 0 Å². The molecule has 1 aliphatic rings. The molecule has 82 valence electrons. The first-order valence-corrected chi connectivity index (χ1v) is 5.30. The first kappa shape index (κ1) is 10.9. The first-order chi connectivity index (χ1) is 7.18. The van der Waals surface area contributed by atoms with E-state index in [-0.39, 0.29) is 17.2 Å². The SMILES string of the molecule is OC1CCOC(c2cccc(F)c2Cl)C1. The highest BCUT2D eigenvalue weighted by Crippen LogP contribution is 2.33. The Balaban J connectivity index is 2.24. The molecule has 0 aliphatic carbocycles. The Morgan fingerprint density at radius 2 is 2.27 bits per heavy atom. The van der Waals surface area contributed by atoms with Crippen LogP contribution in [-0.4, -0.2) is 17.8 Å². The lowest BCUT2D eigenvalue weighted by atomic mass is 9.99. The van der Waals surface area contributed by atoms with E-state index in [4.69, 9.17) is 16.3 Å². The molecule has 0 bridgehead atoms. The number of rotatable bonds is 1. The Bertz CT molecular complexity index is 356. The van der Waals surface area contributed by atoms with Gasteiger partial charge < -0.3 is 9.84 Å². The van der Waals surface area contributed by atoms with Crippen molar-refractivity contribution in [2.75, 3.05) is 6.61 Å². The molecule has 0 aromatic heterocycles. The Morgan fingerprint density at radius 3 is 3.00 bits per heavy atom. The van der Waals surface area contributed by atoms with Crippen LogP contribution in [-0.2, 0) is 4.74 Å². The minimum Gasteiger partial charge on any atom is -0.393 e. The smallest absolute Gasteiger partial charge is 0.142 e.